The van der Waals surface area contributed by atoms with E-state index in [1.165, 1.54) is 0 Å². The summed E-state index contributed by atoms with van der Waals surface area (Å²) in [6, 6.07) is 2.09. The number of alkyl halides is 3. The van der Waals surface area contributed by atoms with E-state index in [1.807, 2.05) is 0 Å². The molecule has 0 unspecified atom stereocenters. The maximum absolute atomic E-state index is 12.3. The molecule has 1 aromatic rings. The van der Waals surface area contributed by atoms with Crippen LogP contribution in [0.15, 0.2) is 23.1 Å². The van der Waals surface area contributed by atoms with Gasteiger partial charge in [0.15, 0.2) is 0 Å². The van der Waals surface area contributed by atoms with Crippen LogP contribution in [0.3, 0.4) is 0 Å². The van der Waals surface area contributed by atoms with Crippen molar-refractivity contribution < 1.29 is 30.4 Å². The predicted molar refractivity (Wildman–Crippen MR) is 70.9 cm³/mol. The average molecular weight is 360 g/mol. The molecular weight excluding hydrogens is 349 g/mol. The monoisotopic (exact) mass is 360 g/mol. The third kappa shape index (κ3) is 4.14. The van der Waals surface area contributed by atoms with Gasteiger partial charge in [-0.25, -0.2) is 0 Å². The van der Waals surface area contributed by atoms with Gasteiger partial charge in [0.25, 0.3) is 0 Å². The molecule has 1 rings (SSSR count). The Bertz CT molecular complexity index is 742. The van der Waals surface area contributed by atoms with Crippen molar-refractivity contribution in [1.82, 2.24) is 4.57 Å². The fraction of sp³-hybridized carbons (Fsp3) is 0.444. The van der Waals surface area contributed by atoms with Crippen molar-refractivity contribution in [2.45, 2.75) is 24.8 Å². The highest BCUT2D eigenvalue weighted by Gasteiger charge is 2.50. The van der Waals surface area contributed by atoms with Crippen molar-refractivity contribution in [2.24, 2.45) is 0 Å². The van der Waals surface area contributed by atoms with Gasteiger partial charge in [-0.3, -0.25) is 14.9 Å². The Hall–Kier alpha value is -1.73. The van der Waals surface area contributed by atoms with Crippen LogP contribution in [-0.4, -0.2) is 31.7 Å². The Morgan fingerprint density at radius 1 is 1.41 bits per heavy atom. The minimum atomic E-state index is -5.80. The zero-order chi connectivity index (χ0) is 17.3. The van der Waals surface area contributed by atoms with Gasteiger partial charge in [-0.2, -0.15) is 21.6 Å². The van der Waals surface area contributed by atoms with Crippen molar-refractivity contribution in [3.05, 3.63) is 38.8 Å². The summed E-state index contributed by atoms with van der Waals surface area (Å²) in [5.74, 6) is 0. The Kier molecular flexibility index (Phi) is 4.84. The highest BCUT2D eigenvalue weighted by molar-refractivity contribution is 7.88. The molecule has 13 heteroatoms. The maximum Gasteiger partial charge on any atom is 0.522 e. The van der Waals surface area contributed by atoms with E-state index in [2.05, 4.69) is 3.87 Å². The third-order valence-electron chi connectivity index (χ3n) is 2.37. The van der Waals surface area contributed by atoms with Crippen LogP contribution in [0.1, 0.15) is 0 Å². The molecule has 0 saturated heterocycles. The normalized spacial score (nSPS) is 13.1. The molecule has 0 amide bonds. The molecule has 1 heterocycles. The number of halogens is 3. The first kappa shape index (κ1) is 18.3. The smallest absolute Gasteiger partial charge is 0.310 e. The summed E-state index contributed by atoms with van der Waals surface area (Å²) in [5.41, 5.74) is -7.41. The van der Waals surface area contributed by atoms with Crippen LogP contribution in [0.4, 0.5) is 18.9 Å². The second-order valence-electron chi connectivity index (χ2n) is 4.83. The highest BCUT2D eigenvalue weighted by atomic mass is 32.2. The third-order valence-corrected chi connectivity index (χ3v) is 6.72. The Morgan fingerprint density at radius 3 is 2.41 bits per heavy atom. The van der Waals surface area contributed by atoms with Crippen molar-refractivity contribution in [3.8, 4) is 0 Å². The van der Waals surface area contributed by atoms with Crippen LogP contribution in [0.25, 0.3) is 0 Å². The standard InChI is InChI=1S/C9H11F3N2O6SSi/c1-22(2,20-21(18,19)9(10,11)12)6-13-5-3-4-7(8(13)15)14(16)17/h3-5H,6H2,1-2H3. The van der Waals surface area contributed by atoms with Gasteiger partial charge in [-0.05, 0) is 19.2 Å². The van der Waals surface area contributed by atoms with Crippen LogP contribution in [0.2, 0.25) is 13.1 Å². The Balaban J connectivity index is 3.12. The summed E-state index contributed by atoms with van der Waals surface area (Å²) in [4.78, 5) is 21.5. The van der Waals surface area contributed by atoms with Crippen molar-refractivity contribution >= 4 is 24.1 Å². The summed E-state index contributed by atoms with van der Waals surface area (Å²) in [6.45, 7) is 2.28. The number of pyridine rings is 1. The molecule has 8 nitrogen and oxygen atoms in total. The molecule has 0 fully saturated rings. The van der Waals surface area contributed by atoms with Gasteiger partial charge in [0.1, 0.15) is 0 Å². The molecule has 0 atom stereocenters. The molecule has 124 valence electrons. The van der Waals surface area contributed by atoms with Crippen LogP contribution < -0.4 is 5.56 Å². The SMILES string of the molecule is C[Si](C)(Cn1cccc([N+](=O)[O-])c1=O)OS(=O)(=O)C(F)(F)F. The second kappa shape index (κ2) is 5.81. The van der Waals surface area contributed by atoms with E-state index in [1.54, 1.807) is 0 Å². The molecular formula is C9H11F3N2O6SSi. The van der Waals surface area contributed by atoms with Gasteiger partial charge < -0.3 is 8.44 Å². The lowest BCUT2D eigenvalue weighted by molar-refractivity contribution is -0.386. The number of rotatable bonds is 5. The first-order valence-corrected chi connectivity index (χ1v) is 10.1. The lowest BCUT2D eigenvalue weighted by atomic mass is 10.4. The van der Waals surface area contributed by atoms with Crippen LogP contribution in [-0.2, 0) is 20.2 Å². The predicted octanol–water partition coefficient (Wildman–Crippen LogP) is 1.37. The van der Waals surface area contributed by atoms with Crippen LogP contribution >= 0.6 is 0 Å². The van der Waals surface area contributed by atoms with Gasteiger partial charge in [-0.1, -0.05) is 0 Å². The summed E-state index contributed by atoms with van der Waals surface area (Å²) in [5, 5.41) is 10.6. The minimum Gasteiger partial charge on any atom is -0.310 e. The number of aromatic nitrogens is 1. The molecule has 0 aromatic carbocycles. The molecule has 0 bridgehead atoms. The van der Waals surface area contributed by atoms with Crippen LogP contribution in [0.5, 0.6) is 0 Å². The summed E-state index contributed by atoms with van der Waals surface area (Å²) in [7, 11) is -9.35. The number of hydrogen-bond donors (Lipinski definition) is 0. The summed E-state index contributed by atoms with van der Waals surface area (Å²) in [6.07, 6.45) is 0.608. The molecule has 0 aliphatic heterocycles. The summed E-state index contributed by atoms with van der Waals surface area (Å²) >= 11 is 0. The molecule has 0 spiro atoms. The van der Waals surface area contributed by atoms with E-state index in [4.69, 9.17) is 0 Å². The van der Waals surface area contributed by atoms with E-state index in [0.717, 1.165) is 36.0 Å². The average Bonchev–Trinajstić information content (AvgIpc) is 2.28. The van der Waals surface area contributed by atoms with Gasteiger partial charge in [-0.15, -0.1) is 0 Å². The van der Waals surface area contributed by atoms with Crippen molar-refractivity contribution in [1.29, 1.82) is 0 Å². The van der Waals surface area contributed by atoms with Crippen LogP contribution in [0, 0.1) is 10.1 Å². The lowest BCUT2D eigenvalue weighted by Crippen LogP contribution is -2.44. The van der Waals surface area contributed by atoms with E-state index in [9.17, 15) is 36.5 Å². The number of hydrogen-bond acceptors (Lipinski definition) is 6. The molecule has 0 N–H and O–H groups in total. The highest BCUT2D eigenvalue weighted by Crippen LogP contribution is 2.27. The van der Waals surface area contributed by atoms with Crippen molar-refractivity contribution in [2.75, 3.05) is 0 Å². The molecule has 0 radical (unpaired) electrons. The number of nitrogens with zero attached hydrogens (tertiary/aromatic N) is 2. The fourth-order valence-electron chi connectivity index (χ4n) is 1.57. The van der Waals surface area contributed by atoms with Gasteiger partial charge in [0, 0.05) is 18.4 Å². The lowest BCUT2D eigenvalue weighted by Gasteiger charge is -2.23. The zero-order valence-corrected chi connectivity index (χ0v) is 13.1. The Morgan fingerprint density at radius 2 is 1.95 bits per heavy atom. The van der Waals surface area contributed by atoms with Crippen molar-refractivity contribution in [3.63, 3.8) is 0 Å². The molecule has 0 saturated carbocycles. The molecule has 0 aliphatic carbocycles. The molecule has 1 aromatic heterocycles. The summed E-state index contributed by atoms with van der Waals surface area (Å²) < 4.78 is 63.9. The zero-order valence-electron chi connectivity index (χ0n) is 11.3. The van der Waals surface area contributed by atoms with E-state index in [0.29, 0.717) is 0 Å². The molecule has 22 heavy (non-hydrogen) atoms. The first-order valence-electron chi connectivity index (χ1n) is 5.63. The Labute approximate surface area is 123 Å². The number of nitro groups is 1. The quantitative estimate of drug-likeness (QED) is 0.340. The maximum atomic E-state index is 12.3. The van der Waals surface area contributed by atoms with Gasteiger partial charge in [0.05, 0.1) is 4.92 Å². The van der Waals surface area contributed by atoms with Gasteiger partial charge in [0.2, 0.25) is 8.32 Å². The fourth-order valence-corrected chi connectivity index (χ4v) is 5.60. The van der Waals surface area contributed by atoms with E-state index in [-0.39, 0.29) is 0 Å². The second-order valence-corrected chi connectivity index (χ2v) is 10.7. The molecule has 0 aliphatic rings. The van der Waals surface area contributed by atoms with E-state index >= 15 is 0 Å². The van der Waals surface area contributed by atoms with E-state index < -0.39 is 46.3 Å². The largest absolute Gasteiger partial charge is 0.522 e. The minimum absolute atomic E-state index is 0.497. The first-order chi connectivity index (χ1) is 9.77. The topological polar surface area (TPSA) is 109 Å². The van der Waals surface area contributed by atoms with Gasteiger partial charge >= 0.3 is 26.9 Å².